The monoisotopic (exact) mass is 240 g/mol. The molecular formula is C12H17ClN2O. The SMILES string of the molecule is CCCNc1ccc(Cl)cc1C(=O)N(C)C. The van der Waals surface area contributed by atoms with Crippen LogP contribution in [-0.4, -0.2) is 31.4 Å². The van der Waals surface area contributed by atoms with Crippen molar-refractivity contribution in [2.75, 3.05) is 26.0 Å². The molecule has 0 spiro atoms. The topological polar surface area (TPSA) is 32.3 Å². The normalized spacial score (nSPS) is 10.0. The first kappa shape index (κ1) is 12.8. The maximum atomic E-state index is 11.9. The van der Waals surface area contributed by atoms with E-state index >= 15 is 0 Å². The minimum atomic E-state index is -0.0406. The molecule has 1 aromatic rings. The minimum Gasteiger partial charge on any atom is -0.384 e. The molecule has 0 heterocycles. The summed E-state index contributed by atoms with van der Waals surface area (Å²) < 4.78 is 0. The highest BCUT2D eigenvalue weighted by Crippen LogP contribution is 2.21. The summed E-state index contributed by atoms with van der Waals surface area (Å²) in [6.45, 7) is 2.92. The molecule has 0 bridgehead atoms. The molecule has 88 valence electrons. The molecule has 1 amide bonds. The molecule has 0 fully saturated rings. The molecule has 3 nitrogen and oxygen atoms in total. The van der Waals surface area contributed by atoms with E-state index < -0.39 is 0 Å². The summed E-state index contributed by atoms with van der Waals surface area (Å²) in [6, 6.07) is 5.32. The van der Waals surface area contributed by atoms with Crippen molar-refractivity contribution in [2.24, 2.45) is 0 Å². The van der Waals surface area contributed by atoms with E-state index in [2.05, 4.69) is 12.2 Å². The van der Waals surface area contributed by atoms with Gasteiger partial charge in [0.15, 0.2) is 0 Å². The van der Waals surface area contributed by atoms with E-state index in [9.17, 15) is 4.79 Å². The van der Waals surface area contributed by atoms with Crippen molar-refractivity contribution in [1.82, 2.24) is 4.90 Å². The lowest BCUT2D eigenvalue weighted by Gasteiger charge is -2.15. The van der Waals surface area contributed by atoms with E-state index in [0.29, 0.717) is 10.6 Å². The Hall–Kier alpha value is -1.22. The van der Waals surface area contributed by atoms with E-state index in [-0.39, 0.29) is 5.91 Å². The first-order chi connectivity index (χ1) is 7.56. The van der Waals surface area contributed by atoms with Crippen LogP contribution in [0.2, 0.25) is 5.02 Å². The predicted octanol–water partition coefficient (Wildman–Crippen LogP) is 2.86. The Kier molecular flexibility index (Phi) is 4.62. The summed E-state index contributed by atoms with van der Waals surface area (Å²) in [7, 11) is 3.46. The number of nitrogens with zero attached hydrogens (tertiary/aromatic N) is 1. The lowest BCUT2D eigenvalue weighted by atomic mass is 10.1. The van der Waals surface area contributed by atoms with Crippen molar-refractivity contribution in [2.45, 2.75) is 13.3 Å². The summed E-state index contributed by atoms with van der Waals surface area (Å²) in [4.78, 5) is 13.5. The standard InChI is InChI=1S/C12H17ClN2O/c1-4-7-14-11-6-5-9(13)8-10(11)12(16)15(2)3/h5-6,8,14H,4,7H2,1-3H3. The molecule has 0 radical (unpaired) electrons. The Balaban J connectivity index is 3.03. The third-order valence-electron chi connectivity index (χ3n) is 2.18. The quantitative estimate of drug-likeness (QED) is 0.878. The molecule has 1 N–H and O–H groups in total. The van der Waals surface area contributed by atoms with Gasteiger partial charge in [-0.05, 0) is 24.6 Å². The van der Waals surface area contributed by atoms with E-state index in [0.717, 1.165) is 18.7 Å². The maximum Gasteiger partial charge on any atom is 0.255 e. The van der Waals surface area contributed by atoms with Gasteiger partial charge in [-0.1, -0.05) is 18.5 Å². The van der Waals surface area contributed by atoms with Crippen LogP contribution in [0.3, 0.4) is 0 Å². The number of anilines is 1. The van der Waals surface area contributed by atoms with Gasteiger partial charge >= 0.3 is 0 Å². The van der Waals surface area contributed by atoms with Crippen molar-refractivity contribution in [3.05, 3.63) is 28.8 Å². The second kappa shape index (κ2) is 5.75. The Morgan fingerprint density at radius 2 is 2.12 bits per heavy atom. The fourth-order valence-corrected chi connectivity index (χ4v) is 1.52. The van der Waals surface area contributed by atoms with Crippen LogP contribution in [0.25, 0.3) is 0 Å². The van der Waals surface area contributed by atoms with Crippen LogP contribution in [0.1, 0.15) is 23.7 Å². The van der Waals surface area contributed by atoms with Gasteiger partial charge in [-0.2, -0.15) is 0 Å². The first-order valence-electron chi connectivity index (χ1n) is 5.31. The smallest absolute Gasteiger partial charge is 0.255 e. The molecule has 0 atom stereocenters. The Morgan fingerprint density at radius 1 is 1.44 bits per heavy atom. The Labute approximate surface area is 101 Å². The molecular weight excluding hydrogens is 224 g/mol. The molecule has 16 heavy (non-hydrogen) atoms. The van der Waals surface area contributed by atoms with Crippen molar-refractivity contribution in [3.63, 3.8) is 0 Å². The zero-order valence-corrected chi connectivity index (χ0v) is 10.6. The lowest BCUT2D eigenvalue weighted by Crippen LogP contribution is -2.23. The summed E-state index contributed by atoms with van der Waals surface area (Å²) >= 11 is 5.90. The lowest BCUT2D eigenvalue weighted by molar-refractivity contribution is 0.0828. The zero-order chi connectivity index (χ0) is 12.1. The number of amides is 1. The predicted molar refractivity (Wildman–Crippen MR) is 68.3 cm³/mol. The minimum absolute atomic E-state index is 0.0406. The highest BCUT2D eigenvalue weighted by atomic mass is 35.5. The van der Waals surface area contributed by atoms with Crippen LogP contribution in [0.4, 0.5) is 5.69 Å². The highest BCUT2D eigenvalue weighted by Gasteiger charge is 2.13. The van der Waals surface area contributed by atoms with Crippen LogP contribution >= 0.6 is 11.6 Å². The third-order valence-corrected chi connectivity index (χ3v) is 2.42. The van der Waals surface area contributed by atoms with Crippen LogP contribution in [-0.2, 0) is 0 Å². The van der Waals surface area contributed by atoms with Gasteiger partial charge in [-0.3, -0.25) is 4.79 Å². The molecule has 0 aromatic heterocycles. The van der Waals surface area contributed by atoms with Gasteiger partial charge in [-0.25, -0.2) is 0 Å². The van der Waals surface area contributed by atoms with Gasteiger partial charge in [0.05, 0.1) is 5.56 Å². The van der Waals surface area contributed by atoms with E-state index in [1.807, 2.05) is 6.07 Å². The first-order valence-corrected chi connectivity index (χ1v) is 5.69. The van der Waals surface area contributed by atoms with Crippen LogP contribution in [0.5, 0.6) is 0 Å². The van der Waals surface area contributed by atoms with Crippen LogP contribution in [0.15, 0.2) is 18.2 Å². The Morgan fingerprint density at radius 3 is 2.69 bits per heavy atom. The zero-order valence-electron chi connectivity index (χ0n) is 9.88. The highest BCUT2D eigenvalue weighted by molar-refractivity contribution is 6.31. The van der Waals surface area contributed by atoms with E-state index in [1.54, 1.807) is 31.1 Å². The Bertz CT molecular complexity index is 377. The summed E-state index contributed by atoms with van der Waals surface area (Å²) in [5.41, 5.74) is 1.45. The van der Waals surface area contributed by atoms with E-state index in [4.69, 9.17) is 11.6 Å². The maximum absolute atomic E-state index is 11.9. The summed E-state index contributed by atoms with van der Waals surface area (Å²) in [6.07, 6.45) is 1.01. The number of carbonyl (C=O) groups excluding carboxylic acids is 1. The molecule has 4 heteroatoms. The number of benzene rings is 1. The molecule has 0 aliphatic rings. The third kappa shape index (κ3) is 3.14. The molecule has 0 aliphatic carbocycles. The molecule has 1 aromatic carbocycles. The number of rotatable bonds is 4. The summed E-state index contributed by atoms with van der Waals surface area (Å²) in [5.74, 6) is -0.0406. The second-order valence-corrected chi connectivity index (χ2v) is 4.25. The largest absolute Gasteiger partial charge is 0.384 e. The van der Waals surface area contributed by atoms with Gasteiger partial charge < -0.3 is 10.2 Å². The van der Waals surface area contributed by atoms with Crippen molar-refractivity contribution >= 4 is 23.2 Å². The summed E-state index contributed by atoms with van der Waals surface area (Å²) in [5, 5.41) is 3.80. The molecule has 0 unspecified atom stereocenters. The number of carbonyl (C=O) groups is 1. The van der Waals surface area contributed by atoms with Crippen LogP contribution in [0, 0.1) is 0 Å². The van der Waals surface area contributed by atoms with Crippen molar-refractivity contribution < 1.29 is 4.79 Å². The average Bonchev–Trinajstić information content (AvgIpc) is 2.26. The van der Waals surface area contributed by atoms with Crippen LogP contribution < -0.4 is 5.32 Å². The number of nitrogens with one attached hydrogen (secondary N) is 1. The van der Waals surface area contributed by atoms with Crippen molar-refractivity contribution in [3.8, 4) is 0 Å². The number of halogens is 1. The molecule has 1 rings (SSSR count). The van der Waals surface area contributed by atoms with Gasteiger partial charge in [-0.15, -0.1) is 0 Å². The van der Waals surface area contributed by atoms with Gasteiger partial charge in [0.2, 0.25) is 0 Å². The van der Waals surface area contributed by atoms with Crippen molar-refractivity contribution in [1.29, 1.82) is 0 Å². The molecule has 0 aliphatic heterocycles. The fraction of sp³-hybridized carbons (Fsp3) is 0.417. The van der Waals surface area contributed by atoms with E-state index in [1.165, 1.54) is 0 Å². The molecule has 0 saturated heterocycles. The van der Waals surface area contributed by atoms with Gasteiger partial charge in [0.1, 0.15) is 0 Å². The average molecular weight is 241 g/mol. The van der Waals surface area contributed by atoms with Gasteiger partial charge in [0.25, 0.3) is 5.91 Å². The molecule has 0 saturated carbocycles. The second-order valence-electron chi connectivity index (χ2n) is 3.82. The number of hydrogen-bond acceptors (Lipinski definition) is 2. The fourth-order valence-electron chi connectivity index (χ4n) is 1.35. The number of hydrogen-bond donors (Lipinski definition) is 1. The van der Waals surface area contributed by atoms with Gasteiger partial charge in [0, 0.05) is 31.4 Å².